The normalized spacial score (nSPS) is 9.68. The predicted molar refractivity (Wildman–Crippen MR) is 75.2 cm³/mol. The van der Waals surface area contributed by atoms with Gasteiger partial charge in [-0.05, 0) is 17.7 Å². The third-order valence-electron chi connectivity index (χ3n) is 2.38. The molecule has 0 unspecified atom stereocenters. The highest BCUT2D eigenvalue weighted by atomic mass is 32.2. The molecule has 0 atom stereocenters. The summed E-state index contributed by atoms with van der Waals surface area (Å²) >= 11 is 1.66. The molecule has 4 nitrogen and oxygen atoms in total. The lowest BCUT2D eigenvalue weighted by molar-refractivity contribution is -0.140. The Balaban J connectivity index is 2.12. The van der Waals surface area contributed by atoms with Crippen molar-refractivity contribution in [2.45, 2.75) is 12.8 Å². The lowest BCUT2D eigenvalue weighted by atomic mass is 10.2. The summed E-state index contributed by atoms with van der Waals surface area (Å²) in [6.07, 6.45) is 0.855. The molecule has 0 aliphatic heterocycles. The van der Waals surface area contributed by atoms with Crippen LogP contribution in [0.4, 0.5) is 0 Å². The predicted octanol–water partition coefficient (Wildman–Crippen LogP) is 2.43. The molecular formula is C14H17NO3S. The summed E-state index contributed by atoms with van der Waals surface area (Å²) < 4.78 is 10.1. The van der Waals surface area contributed by atoms with E-state index >= 15 is 0 Å². The number of esters is 1. The van der Waals surface area contributed by atoms with Gasteiger partial charge in [-0.2, -0.15) is 17.0 Å². The first kappa shape index (κ1) is 15.4. The summed E-state index contributed by atoms with van der Waals surface area (Å²) in [5, 5.41) is 8.55. The van der Waals surface area contributed by atoms with Crippen LogP contribution in [0.2, 0.25) is 0 Å². The first-order chi connectivity index (χ1) is 9.26. The number of nitrogens with zero attached hydrogens (tertiary/aromatic N) is 1. The molecule has 19 heavy (non-hydrogen) atoms. The number of ether oxygens (including phenoxy) is 2. The second-order valence-corrected chi connectivity index (χ2v) is 4.99. The van der Waals surface area contributed by atoms with Gasteiger partial charge in [-0.25, -0.2) is 0 Å². The average Bonchev–Trinajstić information content (AvgIpc) is 2.44. The fourth-order valence-corrected chi connectivity index (χ4v) is 2.09. The Bertz CT molecular complexity index is 425. The van der Waals surface area contributed by atoms with Crippen molar-refractivity contribution in [3.63, 3.8) is 0 Å². The summed E-state index contributed by atoms with van der Waals surface area (Å²) in [5.41, 5.74) is 0.988. The fourth-order valence-electron chi connectivity index (χ4n) is 1.37. The van der Waals surface area contributed by atoms with Crippen molar-refractivity contribution in [2.24, 2.45) is 0 Å². The Morgan fingerprint density at radius 3 is 2.68 bits per heavy atom. The number of methoxy groups -OCH3 is 1. The molecule has 5 heteroatoms. The molecule has 0 spiro atoms. The number of carbonyl (C=O) groups excluding carboxylic acids is 1. The number of nitriles is 1. The number of carbonyl (C=O) groups is 1. The number of benzene rings is 1. The van der Waals surface area contributed by atoms with Gasteiger partial charge < -0.3 is 9.47 Å². The van der Waals surface area contributed by atoms with Crippen molar-refractivity contribution >= 4 is 17.7 Å². The van der Waals surface area contributed by atoms with Gasteiger partial charge in [0.2, 0.25) is 0 Å². The molecule has 1 aromatic rings. The van der Waals surface area contributed by atoms with Crippen molar-refractivity contribution in [3.8, 4) is 11.8 Å². The van der Waals surface area contributed by atoms with E-state index in [2.05, 4.69) is 10.8 Å². The molecule has 0 aromatic heterocycles. The Kier molecular flexibility index (Phi) is 7.52. The van der Waals surface area contributed by atoms with Crippen LogP contribution in [0.25, 0.3) is 0 Å². The molecular weight excluding hydrogens is 262 g/mol. The average molecular weight is 279 g/mol. The number of hydrogen-bond acceptors (Lipinski definition) is 5. The third kappa shape index (κ3) is 6.73. The Labute approximate surface area is 117 Å². The molecule has 1 aromatic carbocycles. The summed E-state index contributed by atoms with van der Waals surface area (Å²) in [7, 11) is 1.39. The van der Waals surface area contributed by atoms with E-state index < -0.39 is 0 Å². The van der Waals surface area contributed by atoms with Crippen LogP contribution in [0.1, 0.15) is 12.0 Å². The van der Waals surface area contributed by atoms with Gasteiger partial charge in [0, 0.05) is 11.5 Å². The molecule has 0 aliphatic carbocycles. The van der Waals surface area contributed by atoms with Gasteiger partial charge in [0.05, 0.1) is 32.6 Å². The highest BCUT2D eigenvalue weighted by Crippen LogP contribution is 2.13. The first-order valence-corrected chi connectivity index (χ1v) is 7.15. The van der Waals surface area contributed by atoms with Gasteiger partial charge >= 0.3 is 5.97 Å². The van der Waals surface area contributed by atoms with Gasteiger partial charge in [-0.1, -0.05) is 12.1 Å². The molecule has 0 saturated carbocycles. The van der Waals surface area contributed by atoms with Gasteiger partial charge in [-0.15, -0.1) is 0 Å². The van der Waals surface area contributed by atoms with Gasteiger partial charge in [0.25, 0.3) is 0 Å². The second-order valence-electron chi connectivity index (χ2n) is 3.77. The van der Waals surface area contributed by atoms with E-state index in [1.165, 1.54) is 7.11 Å². The Hall–Kier alpha value is -1.67. The van der Waals surface area contributed by atoms with Crippen LogP contribution in [0, 0.1) is 11.3 Å². The molecule has 0 aliphatic rings. The summed E-state index contributed by atoms with van der Waals surface area (Å²) in [5.74, 6) is 2.20. The van der Waals surface area contributed by atoms with Crippen LogP contribution < -0.4 is 4.74 Å². The quantitative estimate of drug-likeness (QED) is 0.540. The van der Waals surface area contributed by atoms with Crippen molar-refractivity contribution in [2.75, 3.05) is 25.2 Å². The molecule has 0 saturated heterocycles. The molecule has 0 heterocycles. The van der Waals surface area contributed by atoms with Crippen LogP contribution in [0.3, 0.4) is 0 Å². The molecule has 102 valence electrons. The first-order valence-electron chi connectivity index (χ1n) is 5.99. The SMILES string of the molecule is COC(=O)CCSCCOc1ccc(CC#N)cc1. The highest BCUT2D eigenvalue weighted by Gasteiger charge is 2.00. The van der Waals surface area contributed by atoms with Crippen molar-refractivity contribution in [1.82, 2.24) is 0 Å². The molecule has 0 radical (unpaired) electrons. The highest BCUT2D eigenvalue weighted by molar-refractivity contribution is 7.99. The zero-order chi connectivity index (χ0) is 13.9. The molecule has 1 rings (SSSR count). The summed E-state index contributed by atoms with van der Waals surface area (Å²) in [6, 6.07) is 9.62. The maximum Gasteiger partial charge on any atom is 0.306 e. The molecule has 0 amide bonds. The van der Waals surface area contributed by atoms with E-state index in [9.17, 15) is 4.79 Å². The lowest BCUT2D eigenvalue weighted by Gasteiger charge is -2.06. The number of rotatable bonds is 8. The zero-order valence-electron chi connectivity index (χ0n) is 10.9. The van der Waals surface area contributed by atoms with E-state index in [1.807, 2.05) is 24.3 Å². The maximum absolute atomic E-state index is 10.9. The maximum atomic E-state index is 10.9. The van der Waals surface area contributed by atoms with Crippen molar-refractivity contribution in [3.05, 3.63) is 29.8 Å². The van der Waals surface area contributed by atoms with Gasteiger partial charge in [0.1, 0.15) is 5.75 Å². The largest absolute Gasteiger partial charge is 0.493 e. The standard InChI is InChI=1S/C14H17NO3S/c1-17-14(16)7-10-19-11-9-18-13-4-2-12(3-5-13)6-8-15/h2-5H,6-7,9-11H2,1H3. The van der Waals surface area contributed by atoms with E-state index in [0.29, 0.717) is 19.4 Å². The Morgan fingerprint density at radius 1 is 1.32 bits per heavy atom. The minimum atomic E-state index is -0.179. The molecule has 0 N–H and O–H groups in total. The van der Waals surface area contributed by atoms with Crippen molar-refractivity contribution in [1.29, 1.82) is 5.26 Å². The minimum absolute atomic E-state index is 0.179. The topological polar surface area (TPSA) is 59.3 Å². The zero-order valence-corrected chi connectivity index (χ0v) is 11.7. The van der Waals surface area contributed by atoms with E-state index in [0.717, 1.165) is 22.8 Å². The van der Waals surface area contributed by atoms with Crippen LogP contribution in [0.15, 0.2) is 24.3 Å². The van der Waals surface area contributed by atoms with Gasteiger partial charge in [0.15, 0.2) is 0 Å². The van der Waals surface area contributed by atoms with Crippen LogP contribution in [0.5, 0.6) is 5.75 Å². The number of thioether (sulfide) groups is 1. The third-order valence-corrected chi connectivity index (χ3v) is 3.33. The van der Waals surface area contributed by atoms with E-state index in [1.54, 1.807) is 11.8 Å². The van der Waals surface area contributed by atoms with Crippen LogP contribution in [-0.4, -0.2) is 31.2 Å². The van der Waals surface area contributed by atoms with Crippen molar-refractivity contribution < 1.29 is 14.3 Å². The molecule has 0 bridgehead atoms. The Morgan fingerprint density at radius 2 is 2.05 bits per heavy atom. The lowest BCUT2D eigenvalue weighted by Crippen LogP contribution is -2.04. The molecule has 0 fully saturated rings. The van der Waals surface area contributed by atoms with E-state index in [4.69, 9.17) is 10.00 Å². The smallest absolute Gasteiger partial charge is 0.306 e. The van der Waals surface area contributed by atoms with Crippen LogP contribution >= 0.6 is 11.8 Å². The number of hydrogen-bond donors (Lipinski definition) is 0. The minimum Gasteiger partial charge on any atom is -0.493 e. The fraction of sp³-hybridized carbons (Fsp3) is 0.429. The second kappa shape index (κ2) is 9.29. The monoisotopic (exact) mass is 279 g/mol. The van der Waals surface area contributed by atoms with E-state index in [-0.39, 0.29) is 5.97 Å². The summed E-state index contributed by atoms with van der Waals surface area (Å²) in [6.45, 7) is 0.601. The van der Waals surface area contributed by atoms with Crippen LogP contribution in [-0.2, 0) is 16.0 Å². The van der Waals surface area contributed by atoms with Gasteiger partial charge in [-0.3, -0.25) is 4.79 Å². The summed E-state index contributed by atoms with van der Waals surface area (Å²) in [4.78, 5) is 10.9.